The molecule has 0 saturated carbocycles. The van der Waals surface area contributed by atoms with E-state index < -0.39 is 0 Å². The number of amides is 1. The Labute approximate surface area is 258 Å². The molecule has 40 heavy (non-hydrogen) atoms. The minimum atomic E-state index is -0.220. The summed E-state index contributed by atoms with van der Waals surface area (Å²) in [5, 5.41) is 3.00. The van der Waals surface area contributed by atoms with Crippen molar-refractivity contribution in [1.29, 1.82) is 0 Å². The Balaban J connectivity index is 1.50. The van der Waals surface area contributed by atoms with Crippen molar-refractivity contribution in [2.45, 2.75) is 0 Å². The van der Waals surface area contributed by atoms with Crippen LogP contribution in [0, 0.1) is 0 Å². The molecular weight excluding hydrogens is 692 g/mol. The third kappa shape index (κ3) is 5.52. The third-order valence-corrected chi connectivity index (χ3v) is 8.14. The van der Waals surface area contributed by atoms with E-state index in [2.05, 4.69) is 95.6 Å². The first-order valence-corrected chi connectivity index (χ1v) is 15.0. The Morgan fingerprint density at radius 3 is 1.93 bits per heavy atom. The maximum Gasteiger partial charge on any atom is 0.257 e. The molecule has 0 spiro atoms. The molecule has 5 aromatic rings. The second kappa shape index (κ2) is 11.5. The zero-order valence-corrected chi connectivity index (χ0v) is 25.8. The Morgan fingerprint density at radius 2 is 1.25 bits per heavy atom. The van der Waals surface area contributed by atoms with Gasteiger partial charge in [0.25, 0.3) is 5.91 Å². The molecule has 1 aliphatic carbocycles. The number of nitrogens with one attached hydrogen (secondary N) is 1. The molecule has 0 atom stereocenters. The van der Waals surface area contributed by atoms with Crippen molar-refractivity contribution in [3.63, 3.8) is 0 Å². The van der Waals surface area contributed by atoms with Crippen LogP contribution in [0.15, 0.2) is 140 Å². The molecule has 3 nitrogen and oxygen atoms in total. The second-order valence-corrected chi connectivity index (χ2v) is 12.0. The summed E-state index contributed by atoms with van der Waals surface area (Å²) in [7, 11) is 0. The summed E-state index contributed by atoms with van der Waals surface area (Å²) in [6.07, 6.45) is 2.13. The molecule has 1 N–H and O–H groups in total. The largest absolute Gasteiger partial charge is 0.322 e. The molecule has 0 heterocycles. The first kappa shape index (κ1) is 26.6. The second-order valence-electron chi connectivity index (χ2n) is 9.28. The van der Waals surface area contributed by atoms with Crippen molar-refractivity contribution in [3.05, 3.63) is 157 Å². The maximum atomic E-state index is 13.4. The third-order valence-electron chi connectivity index (χ3n) is 6.66. The fraction of sp³-hybridized carbons (Fsp3) is 0. The number of nitrogens with zero attached hydrogens (tertiary/aromatic N) is 1. The Hall–Kier alpha value is -3.58. The van der Waals surface area contributed by atoms with E-state index in [-0.39, 0.29) is 5.91 Å². The van der Waals surface area contributed by atoms with E-state index in [0.717, 1.165) is 41.4 Å². The number of fused-ring (bicyclic) bond motifs is 3. The lowest BCUT2D eigenvalue weighted by Gasteiger charge is -2.11. The van der Waals surface area contributed by atoms with Gasteiger partial charge in [0, 0.05) is 24.7 Å². The van der Waals surface area contributed by atoms with Crippen LogP contribution in [0.25, 0.3) is 16.7 Å². The number of allylic oxidation sites excluding steroid dienone is 1. The van der Waals surface area contributed by atoms with Crippen LogP contribution in [0.1, 0.15) is 27.0 Å². The highest BCUT2D eigenvalue weighted by molar-refractivity contribution is 9.11. The zero-order chi connectivity index (χ0) is 27.6. The molecule has 6 heteroatoms. The average Bonchev–Trinajstić information content (AvgIpc) is 3.24. The Bertz CT molecular complexity index is 1770. The number of hydrogen-bond donors (Lipinski definition) is 1. The van der Waals surface area contributed by atoms with E-state index in [4.69, 9.17) is 4.99 Å². The number of para-hydroxylation sites is 1. The molecule has 0 saturated heterocycles. The van der Waals surface area contributed by atoms with Gasteiger partial charge < -0.3 is 5.32 Å². The van der Waals surface area contributed by atoms with Gasteiger partial charge in [-0.3, -0.25) is 4.79 Å². The standard InChI is InChI=1S/C34H21Br3N2O/c35-22-9-6-10-25(17-22)38-34(40)28-11-4-5-12-32(28)39-33(21-7-2-1-3-8-21)20-31-29-18-23(36)13-15-26(29)27-16-14-24(37)19-30(27)31/h1-20H,(H,38,40). The quantitative estimate of drug-likeness (QED) is 0.178. The molecule has 6 rings (SSSR count). The first-order valence-electron chi connectivity index (χ1n) is 12.6. The maximum absolute atomic E-state index is 13.4. The van der Waals surface area contributed by atoms with Crippen molar-refractivity contribution in [1.82, 2.24) is 0 Å². The van der Waals surface area contributed by atoms with Gasteiger partial charge in [-0.25, -0.2) is 4.99 Å². The Morgan fingerprint density at radius 1 is 0.625 bits per heavy atom. The smallest absolute Gasteiger partial charge is 0.257 e. The molecule has 0 unspecified atom stereocenters. The van der Waals surface area contributed by atoms with Crippen LogP contribution in [0.2, 0.25) is 0 Å². The minimum absolute atomic E-state index is 0.220. The molecule has 5 aromatic carbocycles. The van der Waals surface area contributed by atoms with Gasteiger partial charge in [0.15, 0.2) is 0 Å². The summed E-state index contributed by atoms with van der Waals surface area (Å²) < 4.78 is 2.92. The molecule has 0 radical (unpaired) electrons. The fourth-order valence-corrected chi connectivity index (χ4v) is 5.95. The van der Waals surface area contributed by atoms with Gasteiger partial charge in [0.1, 0.15) is 0 Å². The lowest BCUT2D eigenvalue weighted by molar-refractivity contribution is 0.102. The number of benzene rings is 5. The molecule has 0 aliphatic heterocycles. The number of carbonyl (C=O) groups is 1. The predicted molar refractivity (Wildman–Crippen MR) is 176 cm³/mol. The molecule has 0 bridgehead atoms. The monoisotopic (exact) mass is 710 g/mol. The highest BCUT2D eigenvalue weighted by atomic mass is 79.9. The van der Waals surface area contributed by atoms with Crippen molar-refractivity contribution in [2.75, 3.05) is 5.32 Å². The van der Waals surface area contributed by atoms with Crippen LogP contribution in [0.5, 0.6) is 0 Å². The topological polar surface area (TPSA) is 41.5 Å². The number of carbonyl (C=O) groups excluding carboxylic acids is 1. The summed E-state index contributed by atoms with van der Waals surface area (Å²) in [5.74, 6) is -0.220. The van der Waals surface area contributed by atoms with E-state index >= 15 is 0 Å². The number of aliphatic imine (C=N–C) groups is 1. The van der Waals surface area contributed by atoms with E-state index in [0.29, 0.717) is 16.9 Å². The van der Waals surface area contributed by atoms with Crippen LogP contribution in [-0.4, -0.2) is 11.6 Å². The van der Waals surface area contributed by atoms with E-state index in [1.54, 1.807) is 6.07 Å². The predicted octanol–water partition coefficient (Wildman–Crippen LogP) is 10.5. The normalized spacial score (nSPS) is 12.1. The zero-order valence-electron chi connectivity index (χ0n) is 21.0. The van der Waals surface area contributed by atoms with E-state index in [9.17, 15) is 4.79 Å². The van der Waals surface area contributed by atoms with Gasteiger partial charge in [-0.2, -0.15) is 0 Å². The Kier molecular flexibility index (Phi) is 7.65. The summed E-state index contributed by atoms with van der Waals surface area (Å²) in [4.78, 5) is 18.5. The van der Waals surface area contributed by atoms with Crippen LogP contribution in [0.4, 0.5) is 11.4 Å². The van der Waals surface area contributed by atoms with Gasteiger partial charge in [0.2, 0.25) is 0 Å². The fourth-order valence-electron chi connectivity index (χ4n) is 4.83. The molecule has 194 valence electrons. The average molecular weight is 713 g/mol. The molecular formula is C34H21Br3N2O. The van der Waals surface area contributed by atoms with Crippen LogP contribution >= 0.6 is 47.8 Å². The highest BCUT2D eigenvalue weighted by Gasteiger charge is 2.25. The summed E-state index contributed by atoms with van der Waals surface area (Å²) in [5.41, 5.74) is 9.20. The van der Waals surface area contributed by atoms with Crippen LogP contribution in [-0.2, 0) is 0 Å². The minimum Gasteiger partial charge on any atom is -0.322 e. The first-order chi connectivity index (χ1) is 19.5. The van der Waals surface area contributed by atoms with Gasteiger partial charge in [0.05, 0.1) is 17.0 Å². The number of anilines is 1. The molecule has 0 aromatic heterocycles. The van der Waals surface area contributed by atoms with Crippen molar-refractivity contribution >= 4 is 76.4 Å². The molecule has 1 aliphatic rings. The van der Waals surface area contributed by atoms with Gasteiger partial charge >= 0.3 is 0 Å². The van der Waals surface area contributed by atoms with Crippen molar-refractivity contribution < 1.29 is 4.79 Å². The number of hydrogen-bond acceptors (Lipinski definition) is 2. The van der Waals surface area contributed by atoms with E-state index in [1.165, 1.54) is 11.1 Å². The molecule has 1 amide bonds. The van der Waals surface area contributed by atoms with E-state index in [1.807, 2.05) is 72.8 Å². The lowest BCUT2D eigenvalue weighted by atomic mass is 9.99. The van der Waals surface area contributed by atoms with Crippen LogP contribution < -0.4 is 5.32 Å². The van der Waals surface area contributed by atoms with Gasteiger partial charge in [-0.05, 0) is 88.5 Å². The summed E-state index contributed by atoms with van der Waals surface area (Å²) in [6, 6.07) is 37.8. The summed E-state index contributed by atoms with van der Waals surface area (Å²) in [6.45, 7) is 0. The number of halogens is 3. The number of rotatable bonds is 5. The lowest BCUT2D eigenvalue weighted by Crippen LogP contribution is -2.12. The molecule has 0 fully saturated rings. The van der Waals surface area contributed by atoms with Crippen molar-refractivity contribution in [2.24, 2.45) is 4.99 Å². The highest BCUT2D eigenvalue weighted by Crippen LogP contribution is 2.46. The van der Waals surface area contributed by atoms with Crippen LogP contribution in [0.3, 0.4) is 0 Å². The SMILES string of the molecule is O=C(Nc1cccc(Br)c1)c1ccccc1N=C(C=C1c2cc(Br)ccc2-c2ccc(Br)cc21)c1ccccc1. The van der Waals surface area contributed by atoms with Gasteiger partial charge in [-0.15, -0.1) is 0 Å². The van der Waals surface area contributed by atoms with Crippen molar-refractivity contribution in [3.8, 4) is 11.1 Å². The summed E-state index contributed by atoms with van der Waals surface area (Å²) >= 11 is 10.8. The van der Waals surface area contributed by atoms with Gasteiger partial charge in [-0.1, -0.05) is 108 Å².